The number of ketones is 1. The number of fused-ring (bicyclic) bond motifs is 4. The highest BCUT2D eigenvalue weighted by Crippen LogP contribution is 2.62. The van der Waals surface area contributed by atoms with E-state index in [0.29, 0.717) is 31.4 Å². The first kappa shape index (κ1) is 24.8. The summed E-state index contributed by atoms with van der Waals surface area (Å²) in [6, 6.07) is 8.49. The molecule has 198 valence electrons. The Morgan fingerprint density at radius 2 is 2.03 bits per heavy atom. The molecule has 3 aliphatic carbocycles. The van der Waals surface area contributed by atoms with Crippen molar-refractivity contribution in [1.29, 1.82) is 0 Å². The largest absolute Gasteiger partial charge is 0.489 e. The van der Waals surface area contributed by atoms with Crippen LogP contribution in [0.1, 0.15) is 64.4 Å². The molecule has 38 heavy (non-hydrogen) atoms. The van der Waals surface area contributed by atoms with E-state index >= 15 is 0 Å². The Morgan fingerprint density at radius 3 is 2.82 bits per heavy atom. The molecular formula is C31H34N2O5. The Morgan fingerprint density at radius 1 is 1.18 bits per heavy atom. The summed E-state index contributed by atoms with van der Waals surface area (Å²) in [5, 5.41) is 5.06. The van der Waals surface area contributed by atoms with E-state index in [4.69, 9.17) is 9.47 Å². The highest BCUT2D eigenvalue weighted by molar-refractivity contribution is 6.00. The zero-order valence-corrected chi connectivity index (χ0v) is 22.2. The fourth-order valence-electron chi connectivity index (χ4n) is 7.48. The third-order valence-electron chi connectivity index (χ3n) is 9.23. The number of hydrogen-bond acceptors (Lipinski definition) is 6. The third kappa shape index (κ3) is 4.22. The number of pyridine rings is 1. The summed E-state index contributed by atoms with van der Waals surface area (Å²) in [6.45, 7) is 5.76. The summed E-state index contributed by atoms with van der Waals surface area (Å²) in [5.41, 5.74) is 2.90. The molecule has 4 aliphatic rings. The molecule has 7 nitrogen and oxygen atoms in total. The summed E-state index contributed by atoms with van der Waals surface area (Å²) in [7, 11) is 0. The van der Waals surface area contributed by atoms with Gasteiger partial charge >= 0.3 is 5.97 Å². The number of carbonyl (C=O) groups excluding carboxylic acids is 3. The molecule has 7 heteroatoms. The monoisotopic (exact) mass is 514 g/mol. The SMILES string of the molecule is CC(=O)NCC1CC(=O)C2=C(C1)O[C@@H]1C(=C2)CC[C@]2(C)[C@@H](c3ccc4cnccc4c3)C(OC(C)=O)C[C@@H]12. The summed E-state index contributed by atoms with van der Waals surface area (Å²) < 4.78 is 12.7. The van der Waals surface area contributed by atoms with Gasteiger partial charge in [-0.25, -0.2) is 0 Å². The summed E-state index contributed by atoms with van der Waals surface area (Å²) in [4.78, 5) is 40.9. The number of hydrogen-bond donors (Lipinski definition) is 1. The van der Waals surface area contributed by atoms with Crippen molar-refractivity contribution >= 4 is 28.4 Å². The van der Waals surface area contributed by atoms with Crippen molar-refractivity contribution in [3.8, 4) is 0 Å². The van der Waals surface area contributed by atoms with Crippen molar-refractivity contribution in [3.05, 3.63) is 65.2 Å². The van der Waals surface area contributed by atoms with Gasteiger partial charge in [-0.3, -0.25) is 19.4 Å². The zero-order chi connectivity index (χ0) is 26.6. The smallest absolute Gasteiger partial charge is 0.302 e. The fraction of sp³-hybridized carbons (Fsp3) is 0.484. The molecule has 2 fully saturated rings. The Balaban J connectivity index is 1.33. The second kappa shape index (κ2) is 9.37. The number of benzene rings is 1. The molecule has 1 aromatic carbocycles. The van der Waals surface area contributed by atoms with Crippen LogP contribution in [-0.4, -0.2) is 41.4 Å². The van der Waals surface area contributed by atoms with Crippen LogP contribution in [0.15, 0.2) is 59.6 Å². The van der Waals surface area contributed by atoms with Gasteiger partial charge in [0.2, 0.25) is 5.91 Å². The minimum Gasteiger partial charge on any atom is -0.489 e. The Bertz CT molecular complexity index is 1390. The normalized spacial score (nSPS) is 32.0. The van der Waals surface area contributed by atoms with Gasteiger partial charge in [0.05, 0.1) is 5.57 Å². The summed E-state index contributed by atoms with van der Waals surface area (Å²) in [6.07, 6.45) is 8.91. The van der Waals surface area contributed by atoms with E-state index in [-0.39, 0.29) is 53.0 Å². The molecule has 2 unspecified atom stereocenters. The lowest BCUT2D eigenvalue weighted by molar-refractivity contribution is -0.147. The summed E-state index contributed by atoms with van der Waals surface area (Å²) >= 11 is 0. The molecule has 1 N–H and O–H groups in total. The van der Waals surface area contributed by atoms with Crippen LogP contribution in [0.4, 0.5) is 0 Å². The van der Waals surface area contributed by atoms with Crippen LogP contribution >= 0.6 is 0 Å². The Kier molecular flexibility index (Phi) is 6.12. The van der Waals surface area contributed by atoms with Crippen molar-refractivity contribution in [2.45, 2.75) is 71.0 Å². The number of allylic oxidation sites excluding steroid dienone is 3. The maximum atomic E-state index is 13.0. The molecule has 2 saturated carbocycles. The van der Waals surface area contributed by atoms with Gasteiger partial charge in [-0.1, -0.05) is 25.1 Å². The van der Waals surface area contributed by atoms with Gasteiger partial charge in [0, 0.05) is 62.8 Å². The zero-order valence-electron chi connectivity index (χ0n) is 22.2. The molecular weight excluding hydrogens is 480 g/mol. The molecule has 1 aliphatic heterocycles. The Hall–Kier alpha value is -3.48. The third-order valence-corrected chi connectivity index (χ3v) is 9.23. The summed E-state index contributed by atoms with van der Waals surface area (Å²) in [5.74, 6) is 0.697. The molecule has 2 heterocycles. The topological polar surface area (TPSA) is 94.6 Å². The van der Waals surface area contributed by atoms with E-state index in [2.05, 4.69) is 41.5 Å². The lowest BCUT2D eigenvalue weighted by Gasteiger charge is -2.48. The number of nitrogens with zero attached hydrogens (tertiary/aromatic N) is 1. The van der Waals surface area contributed by atoms with Gasteiger partial charge in [-0.05, 0) is 59.3 Å². The van der Waals surface area contributed by atoms with Crippen LogP contribution in [0.5, 0.6) is 0 Å². The molecule has 1 amide bonds. The van der Waals surface area contributed by atoms with Crippen molar-refractivity contribution in [3.63, 3.8) is 0 Å². The van der Waals surface area contributed by atoms with E-state index < -0.39 is 0 Å². The van der Waals surface area contributed by atoms with Gasteiger partial charge in [-0.2, -0.15) is 0 Å². The van der Waals surface area contributed by atoms with Gasteiger partial charge in [0.25, 0.3) is 0 Å². The number of nitrogens with one attached hydrogen (secondary N) is 1. The molecule has 6 rings (SSSR count). The van der Waals surface area contributed by atoms with Crippen LogP contribution in [-0.2, 0) is 23.9 Å². The van der Waals surface area contributed by atoms with Crippen LogP contribution in [0.25, 0.3) is 10.8 Å². The first-order valence-electron chi connectivity index (χ1n) is 13.6. The average molecular weight is 515 g/mol. The molecule has 1 aromatic heterocycles. The number of esters is 1. The highest BCUT2D eigenvalue weighted by Gasteiger charge is 2.60. The van der Waals surface area contributed by atoms with Gasteiger partial charge < -0.3 is 14.8 Å². The maximum absolute atomic E-state index is 13.0. The second-order valence-corrected chi connectivity index (χ2v) is 11.7. The predicted molar refractivity (Wildman–Crippen MR) is 142 cm³/mol. The first-order valence-corrected chi connectivity index (χ1v) is 13.6. The van der Waals surface area contributed by atoms with Crippen LogP contribution in [0.2, 0.25) is 0 Å². The lowest BCUT2D eigenvalue weighted by Crippen LogP contribution is -2.44. The maximum Gasteiger partial charge on any atom is 0.302 e. The standard InChI is InChI=1S/C31H34N2O5/c1-17(34)33-15-19-10-26(36)24-13-22-6-8-31(3)25(30(22)38-27(24)11-19)14-28(37-18(2)35)29(31)21-4-5-23-16-32-9-7-20(23)12-21/h4-5,7,9,12-13,16,19,25,28-30H,6,8,10-11,14-15H2,1-3H3,(H,33,34)/t19?,25-,28?,29-,30+,31-/m0/s1. The predicted octanol–water partition coefficient (Wildman–Crippen LogP) is 4.76. The van der Waals surface area contributed by atoms with Gasteiger partial charge in [0.15, 0.2) is 5.78 Å². The molecule has 6 atom stereocenters. The van der Waals surface area contributed by atoms with Gasteiger partial charge in [0.1, 0.15) is 18.0 Å². The molecule has 0 bridgehead atoms. The fourth-order valence-corrected chi connectivity index (χ4v) is 7.48. The van der Waals surface area contributed by atoms with E-state index in [0.717, 1.165) is 29.4 Å². The minimum atomic E-state index is -0.267. The number of Topliss-reactive ketones (excluding diaryl/α,β-unsaturated/α-hetero) is 1. The minimum absolute atomic E-state index is 0.0345. The van der Waals surface area contributed by atoms with Crippen molar-refractivity contribution in [2.75, 3.05) is 6.54 Å². The van der Waals surface area contributed by atoms with Crippen molar-refractivity contribution < 1.29 is 23.9 Å². The number of amides is 1. The first-order chi connectivity index (χ1) is 18.2. The number of aromatic nitrogens is 1. The second-order valence-electron chi connectivity index (χ2n) is 11.7. The number of carbonyl (C=O) groups is 3. The van der Waals surface area contributed by atoms with Crippen LogP contribution in [0, 0.1) is 17.3 Å². The van der Waals surface area contributed by atoms with Crippen LogP contribution < -0.4 is 5.32 Å². The lowest BCUT2D eigenvalue weighted by atomic mass is 9.61. The van der Waals surface area contributed by atoms with E-state index in [9.17, 15) is 14.4 Å². The van der Waals surface area contributed by atoms with E-state index in [1.165, 1.54) is 25.0 Å². The van der Waals surface area contributed by atoms with Crippen LogP contribution in [0.3, 0.4) is 0 Å². The quantitative estimate of drug-likeness (QED) is 0.591. The number of ether oxygens (including phenoxy) is 2. The molecule has 0 saturated heterocycles. The average Bonchev–Trinajstić information content (AvgIpc) is 3.17. The molecule has 2 aromatic rings. The highest BCUT2D eigenvalue weighted by atomic mass is 16.5. The Labute approximate surface area is 222 Å². The van der Waals surface area contributed by atoms with Gasteiger partial charge in [-0.15, -0.1) is 0 Å². The van der Waals surface area contributed by atoms with E-state index in [1.807, 2.05) is 12.3 Å². The van der Waals surface area contributed by atoms with Crippen molar-refractivity contribution in [1.82, 2.24) is 10.3 Å². The molecule has 0 radical (unpaired) electrons. The van der Waals surface area contributed by atoms with E-state index in [1.54, 1.807) is 6.20 Å². The molecule has 0 spiro atoms. The van der Waals surface area contributed by atoms with Crippen molar-refractivity contribution in [2.24, 2.45) is 17.3 Å². The number of rotatable bonds is 4.